The molecule has 0 saturated carbocycles. The van der Waals surface area contributed by atoms with Crippen molar-refractivity contribution in [2.75, 3.05) is 46.2 Å². The number of hydrogen-bond acceptors (Lipinski definition) is 6. The Bertz CT molecular complexity index is 556. The first-order valence-corrected chi connectivity index (χ1v) is 7.84. The summed E-state index contributed by atoms with van der Waals surface area (Å²) in [4.78, 5) is 13.7. The summed E-state index contributed by atoms with van der Waals surface area (Å²) in [5.74, 6) is 0.264. The molecule has 126 valence electrons. The molecule has 1 N–H and O–H groups in total. The number of nitrogens with zero attached hydrogens (tertiary/aromatic N) is 1. The molecule has 3 rings (SSSR count). The van der Waals surface area contributed by atoms with Gasteiger partial charge in [0.2, 0.25) is 6.79 Å². The number of unbranched alkanes of at least 4 members (excludes halogenated alkanes) is 1. The van der Waals surface area contributed by atoms with Crippen molar-refractivity contribution in [2.45, 2.75) is 12.8 Å². The third-order valence-corrected chi connectivity index (χ3v) is 3.94. The van der Waals surface area contributed by atoms with Crippen LogP contribution in [0, 0.1) is 0 Å². The number of fused-ring (bicyclic) bond motifs is 1. The first-order chi connectivity index (χ1) is 11.2. The highest BCUT2D eigenvalue weighted by Crippen LogP contribution is 2.38. The fourth-order valence-electron chi connectivity index (χ4n) is 2.65. The van der Waals surface area contributed by atoms with E-state index < -0.39 is 5.97 Å². The lowest BCUT2D eigenvalue weighted by Crippen LogP contribution is -2.36. The van der Waals surface area contributed by atoms with E-state index in [1.807, 2.05) is 0 Å². The number of aromatic carboxylic acids is 1. The van der Waals surface area contributed by atoms with Crippen LogP contribution in [0.5, 0.6) is 17.2 Å². The van der Waals surface area contributed by atoms with Gasteiger partial charge in [-0.1, -0.05) is 0 Å². The second kappa shape index (κ2) is 7.52. The van der Waals surface area contributed by atoms with E-state index >= 15 is 0 Å². The fourth-order valence-corrected chi connectivity index (χ4v) is 2.65. The Hall–Kier alpha value is -1.99. The van der Waals surface area contributed by atoms with Gasteiger partial charge in [0.15, 0.2) is 11.5 Å². The van der Waals surface area contributed by atoms with Gasteiger partial charge in [-0.05, 0) is 19.4 Å². The summed E-state index contributed by atoms with van der Waals surface area (Å²) in [6, 6.07) is 3.04. The van der Waals surface area contributed by atoms with E-state index in [4.69, 9.17) is 18.9 Å². The van der Waals surface area contributed by atoms with Crippen molar-refractivity contribution in [3.05, 3.63) is 17.7 Å². The SMILES string of the molecule is O=C(O)c1cc2c(cc1OCCCCN1CCOCC1)OCO2. The van der Waals surface area contributed by atoms with E-state index in [9.17, 15) is 9.90 Å². The highest BCUT2D eigenvalue weighted by molar-refractivity contribution is 5.92. The van der Waals surface area contributed by atoms with Gasteiger partial charge in [-0.3, -0.25) is 4.90 Å². The average Bonchev–Trinajstić information content (AvgIpc) is 3.02. The maximum atomic E-state index is 11.3. The highest BCUT2D eigenvalue weighted by Gasteiger charge is 2.21. The fraction of sp³-hybridized carbons (Fsp3) is 0.562. The molecule has 1 fully saturated rings. The molecule has 0 bridgehead atoms. The molecule has 1 saturated heterocycles. The number of morpholine rings is 1. The molecule has 2 aliphatic heterocycles. The molecule has 2 heterocycles. The summed E-state index contributed by atoms with van der Waals surface area (Å²) in [6.45, 7) is 5.16. The zero-order valence-corrected chi connectivity index (χ0v) is 13.0. The summed E-state index contributed by atoms with van der Waals surface area (Å²) in [6.07, 6.45) is 1.87. The van der Waals surface area contributed by atoms with E-state index in [2.05, 4.69) is 4.90 Å². The van der Waals surface area contributed by atoms with Crippen LogP contribution in [0.2, 0.25) is 0 Å². The van der Waals surface area contributed by atoms with Gasteiger partial charge in [0.05, 0.1) is 19.8 Å². The molecule has 2 aliphatic rings. The normalized spacial score (nSPS) is 17.2. The number of benzene rings is 1. The quantitative estimate of drug-likeness (QED) is 0.764. The van der Waals surface area contributed by atoms with Crippen LogP contribution in [0.15, 0.2) is 12.1 Å². The second-order valence-corrected chi connectivity index (χ2v) is 5.52. The molecule has 7 nitrogen and oxygen atoms in total. The second-order valence-electron chi connectivity index (χ2n) is 5.52. The number of carbonyl (C=O) groups is 1. The topological polar surface area (TPSA) is 77.5 Å². The summed E-state index contributed by atoms with van der Waals surface area (Å²) in [5.41, 5.74) is 0.0995. The molecule has 0 aromatic heterocycles. The lowest BCUT2D eigenvalue weighted by Gasteiger charge is -2.26. The van der Waals surface area contributed by atoms with Crippen molar-refractivity contribution >= 4 is 5.97 Å². The Morgan fingerprint density at radius 2 is 1.91 bits per heavy atom. The van der Waals surface area contributed by atoms with Gasteiger partial charge in [0, 0.05) is 25.2 Å². The maximum absolute atomic E-state index is 11.3. The number of rotatable bonds is 7. The van der Waals surface area contributed by atoms with Crippen molar-refractivity contribution < 1.29 is 28.8 Å². The summed E-state index contributed by atoms with van der Waals surface area (Å²) >= 11 is 0. The molecule has 1 aromatic rings. The Balaban J connectivity index is 1.48. The lowest BCUT2D eigenvalue weighted by molar-refractivity contribution is 0.0368. The number of ether oxygens (including phenoxy) is 4. The molecule has 1 aromatic carbocycles. The van der Waals surface area contributed by atoms with E-state index in [1.54, 1.807) is 6.07 Å². The first-order valence-electron chi connectivity index (χ1n) is 7.84. The van der Waals surface area contributed by atoms with Gasteiger partial charge >= 0.3 is 5.97 Å². The lowest BCUT2D eigenvalue weighted by atomic mass is 10.1. The van der Waals surface area contributed by atoms with Gasteiger partial charge in [-0.25, -0.2) is 4.79 Å². The van der Waals surface area contributed by atoms with Gasteiger partial charge in [0.1, 0.15) is 11.3 Å². The smallest absolute Gasteiger partial charge is 0.339 e. The zero-order chi connectivity index (χ0) is 16.1. The van der Waals surface area contributed by atoms with Crippen LogP contribution in [0.3, 0.4) is 0 Å². The van der Waals surface area contributed by atoms with E-state index in [-0.39, 0.29) is 12.4 Å². The molecule has 23 heavy (non-hydrogen) atoms. The predicted octanol–water partition coefficient (Wildman–Crippen LogP) is 1.60. The number of carboxylic acid groups (broad SMARTS) is 1. The van der Waals surface area contributed by atoms with Crippen LogP contribution in [-0.2, 0) is 4.74 Å². The molecular weight excluding hydrogens is 302 g/mol. The summed E-state index contributed by atoms with van der Waals surface area (Å²) in [7, 11) is 0. The van der Waals surface area contributed by atoms with E-state index in [1.165, 1.54) is 6.07 Å². The van der Waals surface area contributed by atoms with Crippen molar-refractivity contribution in [1.29, 1.82) is 0 Å². The van der Waals surface area contributed by atoms with Crippen LogP contribution in [0.4, 0.5) is 0 Å². The van der Waals surface area contributed by atoms with Crippen molar-refractivity contribution in [1.82, 2.24) is 4.90 Å². The largest absolute Gasteiger partial charge is 0.493 e. The highest BCUT2D eigenvalue weighted by atomic mass is 16.7. The number of carboxylic acids is 1. The van der Waals surface area contributed by atoms with E-state index in [0.29, 0.717) is 23.9 Å². The molecule has 0 amide bonds. The van der Waals surface area contributed by atoms with Crippen LogP contribution < -0.4 is 14.2 Å². The molecule has 0 spiro atoms. The Morgan fingerprint density at radius 1 is 1.17 bits per heavy atom. The molecule has 0 atom stereocenters. The molecular formula is C16H21NO6. The van der Waals surface area contributed by atoms with Crippen molar-refractivity contribution in [2.24, 2.45) is 0 Å². The third kappa shape index (κ3) is 4.05. The van der Waals surface area contributed by atoms with Gasteiger partial charge in [-0.2, -0.15) is 0 Å². The Morgan fingerprint density at radius 3 is 2.65 bits per heavy atom. The zero-order valence-electron chi connectivity index (χ0n) is 13.0. The minimum atomic E-state index is -1.04. The van der Waals surface area contributed by atoms with Crippen LogP contribution in [0.1, 0.15) is 23.2 Å². The standard InChI is InChI=1S/C16H21NO6/c18-16(19)12-9-14-15(23-11-22-14)10-13(12)21-6-2-1-3-17-4-7-20-8-5-17/h9-10H,1-8,11H2,(H,18,19). The third-order valence-electron chi connectivity index (χ3n) is 3.94. The van der Waals surface area contributed by atoms with Crippen molar-refractivity contribution in [3.63, 3.8) is 0 Å². The van der Waals surface area contributed by atoms with Crippen LogP contribution in [0.25, 0.3) is 0 Å². The monoisotopic (exact) mass is 323 g/mol. The van der Waals surface area contributed by atoms with Gasteiger partial charge in [0.25, 0.3) is 0 Å². The molecule has 0 aliphatic carbocycles. The van der Waals surface area contributed by atoms with Crippen molar-refractivity contribution in [3.8, 4) is 17.2 Å². The summed E-state index contributed by atoms with van der Waals surface area (Å²) in [5, 5.41) is 9.27. The molecule has 7 heteroatoms. The van der Waals surface area contributed by atoms with Crippen LogP contribution in [-0.4, -0.2) is 62.2 Å². The predicted molar refractivity (Wildman–Crippen MR) is 81.5 cm³/mol. The number of hydrogen-bond donors (Lipinski definition) is 1. The minimum Gasteiger partial charge on any atom is -0.493 e. The van der Waals surface area contributed by atoms with Gasteiger partial charge in [-0.15, -0.1) is 0 Å². The minimum absolute atomic E-state index is 0.0995. The summed E-state index contributed by atoms with van der Waals surface area (Å²) < 4.78 is 21.4. The molecule has 0 radical (unpaired) electrons. The maximum Gasteiger partial charge on any atom is 0.339 e. The van der Waals surface area contributed by atoms with Crippen LogP contribution >= 0.6 is 0 Å². The average molecular weight is 323 g/mol. The van der Waals surface area contributed by atoms with Gasteiger partial charge < -0.3 is 24.1 Å². The Labute approximate surface area is 134 Å². The first kappa shape index (κ1) is 15.9. The molecule has 0 unspecified atom stereocenters. The Kier molecular flexibility index (Phi) is 5.19. The van der Waals surface area contributed by atoms with E-state index in [0.717, 1.165) is 45.7 Å².